The summed E-state index contributed by atoms with van der Waals surface area (Å²) in [5, 5.41) is -7.30. The maximum absolute atomic E-state index is 13.3. The molecule has 0 fully saturated rings. The number of alkyl halides is 17. The fourth-order valence-corrected chi connectivity index (χ4v) is 2.33. The van der Waals surface area contributed by atoms with Crippen molar-refractivity contribution in [3.8, 4) is 0 Å². The van der Waals surface area contributed by atoms with Gasteiger partial charge in [0.05, 0.1) is 0 Å². The van der Waals surface area contributed by atoms with Gasteiger partial charge in [0.1, 0.15) is 0 Å². The number of rotatable bonds is 9. The van der Waals surface area contributed by atoms with Gasteiger partial charge in [0.2, 0.25) is 11.0 Å². The summed E-state index contributed by atoms with van der Waals surface area (Å²) < 4.78 is 241. The monoisotopic (exact) mass is 529 g/mol. The van der Waals surface area contributed by atoms with E-state index in [0.717, 1.165) is 0 Å². The highest BCUT2D eigenvalue weighted by Gasteiger charge is 2.95. The van der Waals surface area contributed by atoms with Crippen LogP contribution < -0.4 is 0 Å². The van der Waals surface area contributed by atoms with Crippen LogP contribution in [0.15, 0.2) is 0 Å². The van der Waals surface area contributed by atoms with Crippen LogP contribution in [0.25, 0.3) is 0 Å². The van der Waals surface area contributed by atoms with Gasteiger partial charge in [-0.3, -0.25) is 0 Å². The molecule has 0 saturated carbocycles. The van der Waals surface area contributed by atoms with E-state index in [2.05, 4.69) is 0 Å². The quantitative estimate of drug-likeness (QED) is 0.272. The van der Waals surface area contributed by atoms with Gasteiger partial charge in [-0.1, -0.05) is 4.53 Å². The van der Waals surface area contributed by atoms with Crippen molar-refractivity contribution in [2.24, 2.45) is 0 Å². The first kappa shape index (κ1) is 29.8. The molecule has 0 radical (unpaired) electrons. The summed E-state index contributed by atoms with van der Waals surface area (Å²) in [4.78, 5) is 0. The van der Waals surface area contributed by atoms with Crippen LogP contribution in [0.5, 0.6) is 0 Å². The van der Waals surface area contributed by atoms with Crippen molar-refractivity contribution >= 4 is 11.0 Å². The van der Waals surface area contributed by atoms with Gasteiger partial charge in [-0.2, -0.15) is 74.6 Å². The Balaban J connectivity index is 6.80. The summed E-state index contributed by atoms with van der Waals surface area (Å²) in [6.45, 7) is -1.24. The fraction of sp³-hybridized carbons (Fsp3) is 1.00. The Labute approximate surface area is 160 Å². The molecule has 0 aromatic heterocycles. The lowest BCUT2D eigenvalue weighted by Gasteiger charge is -2.42. The molecule has 1 atom stereocenters. The van der Waals surface area contributed by atoms with E-state index in [1.807, 2.05) is 0 Å². The van der Waals surface area contributed by atoms with E-state index >= 15 is 0 Å². The molecular weight excluding hydrogens is 524 g/mol. The first-order valence-corrected chi connectivity index (χ1v) is 7.82. The Bertz CT molecular complexity index is 683. The lowest BCUT2D eigenvalue weighted by Crippen LogP contribution is -2.74. The molecule has 188 valence electrons. The molecule has 1 unspecified atom stereocenters. The van der Waals surface area contributed by atoms with Crippen molar-refractivity contribution in [1.29, 1.82) is 0 Å². The topological polar surface area (TPSA) is 20.3 Å². The molecule has 2 nitrogen and oxygen atoms in total. The zero-order valence-corrected chi connectivity index (χ0v) is 14.6. The molecule has 0 rings (SSSR count). The van der Waals surface area contributed by atoms with E-state index in [1.54, 1.807) is 0 Å². The van der Waals surface area contributed by atoms with Gasteiger partial charge in [-0.25, -0.2) is 4.21 Å². The maximum atomic E-state index is 13.3. The molecule has 0 aromatic rings. The predicted octanol–water partition coefficient (Wildman–Crippen LogP) is 5.82. The Morgan fingerprint density at radius 2 is 0.806 bits per heavy atom. The Morgan fingerprint density at radius 3 is 1.06 bits per heavy atom. The number of halogens is 18. The number of nitrogens with zero attached hydrogens (tertiary/aromatic N) is 1. The third-order valence-electron chi connectivity index (χ3n) is 3.34. The molecular formula is C10H5F18NOS. The molecule has 0 bridgehead atoms. The highest BCUT2D eigenvalue weighted by molar-refractivity contribution is 7.83. The van der Waals surface area contributed by atoms with Crippen LogP contribution in [0.1, 0.15) is 6.92 Å². The van der Waals surface area contributed by atoms with Crippen LogP contribution in [-0.4, -0.2) is 62.2 Å². The van der Waals surface area contributed by atoms with E-state index in [1.165, 1.54) is 0 Å². The Hall–Kier alpha value is -1.15. The van der Waals surface area contributed by atoms with Gasteiger partial charge in [-0.05, 0) is 6.92 Å². The summed E-state index contributed by atoms with van der Waals surface area (Å²) in [5.74, 6) is -51.3. The molecule has 0 heterocycles. The molecule has 0 N–H and O–H groups in total. The average Bonchev–Trinajstić information content (AvgIpc) is 2.57. The molecule has 0 aliphatic rings. The minimum absolute atomic E-state index is 0.382. The van der Waals surface area contributed by atoms with Crippen LogP contribution in [0.3, 0.4) is 0 Å². The molecule has 0 aliphatic carbocycles. The summed E-state index contributed by atoms with van der Waals surface area (Å²) in [6.07, 6.45) is -7.85. The first-order chi connectivity index (χ1) is 13.1. The first-order valence-electron chi connectivity index (χ1n) is 6.71. The zero-order chi connectivity index (χ0) is 25.9. The molecule has 0 amide bonds. The highest BCUT2D eigenvalue weighted by Crippen LogP contribution is 2.64. The predicted molar refractivity (Wildman–Crippen MR) is 62.3 cm³/mol. The van der Waals surface area contributed by atoms with E-state index in [4.69, 9.17) is 0 Å². The third kappa shape index (κ3) is 3.81. The van der Waals surface area contributed by atoms with Crippen LogP contribution in [-0.2, 0) is 11.0 Å². The van der Waals surface area contributed by atoms with Crippen molar-refractivity contribution < 1.29 is 83.3 Å². The van der Waals surface area contributed by atoms with Crippen molar-refractivity contribution in [1.82, 2.24) is 4.53 Å². The van der Waals surface area contributed by atoms with Gasteiger partial charge in [-0.15, -0.1) is 4.48 Å². The van der Waals surface area contributed by atoms with Crippen molar-refractivity contribution in [3.05, 3.63) is 0 Å². The van der Waals surface area contributed by atoms with E-state index in [0.29, 0.717) is 6.92 Å². The van der Waals surface area contributed by atoms with Crippen molar-refractivity contribution in [3.63, 3.8) is 0 Å². The Morgan fingerprint density at radius 1 is 0.548 bits per heavy atom. The van der Waals surface area contributed by atoms with Crippen LogP contribution in [0, 0.1) is 0 Å². The summed E-state index contributed by atoms with van der Waals surface area (Å²) in [5.41, 5.74) is 0. The normalized spacial score (nSPS) is 17.3. The van der Waals surface area contributed by atoms with Gasteiger partial charge in [0.15, 0.2) is 0 Å². The standard InChI is InChI=1S/C10H5F18NOS/c1-2-29(28)31(30)10(26,27)8(21,22)6(17,18)4(13,14)3(11,12)5(15,16)7(19,20)9(23,24)25/h2H2,1H3. The lowest BCUT2D eigenvalue weighted by molar-refractivity contribution is -0.458. The molecule has 0 aliphatic heterocycles. The molecule has 0 spiro atoms. The number of hydrogen-bond donors (Lipinski definition) is 0. The fourth-order valence-electron chi connectivity index (χ4n) is 1.50. The molecule has 31 heavy (non-hydrogen) atoms. The van der Waals surface area contributed by atoms with E-state index in [9.17, 15) is 83.3 Å². The largest absolute Gasteiger partial charge is 0.460 e. The van der Waals surface area contributed by atoms with Gasteiger partial charge in [0.25, 0.3) is 0 Å². The number of hydrogen-bond acceptors (Lipinski definition) is 1. The van der Waals surface area contributed by atoms with E-state index in [-0.39, 0.29) is 0 Å². The van der Waals surface area contributed by atoms with Gasteiger partial charge in [0, 0.05) is 6.54 Å². The average molecular weight is 529 g/mol. The van der Waals surface area contributed by atoms with Crippen LogP contribution in [0.4, 0.5) is 79.1 Å². The SMILES string of the molecule is CCN(F)S(=O)C(F)(F)C(F)(F)C(F)(F)C(F)(F)C(F)(F)C(F)(F)C(F)(F)C(F)(F)F. The third-order valence-corrected chi connectivity index (χ3v) is 4.65. The lowest BCUT2D eigenvalue weighted by atomic mass is 9.91. The van der Waals surface area contributed by atoms with E-state index < -0.39 is 69.0 Å². The minimum Gasteiger partial charge on any atom is -0.234 e. The van der Waals surface area contributed by atoms with Crippen molar-refractivity contribution in [2.75, 3.05) is 6.54 Å². The van der Waals surface area contributed by atoms with Crippen LogP contribution >= 0.6 is 0 Å². The van der Waals surface area contributed by atoms with Crippen molar-refractivity contribution in [2.45, 2.75) is 53.9 Å². The minimum atomic E-state index is -8.79. The molecule has 0 aromatic carbocycles. The second-order valence-corrected chi connectivity index (χ2v) is 6.75. The summed E-state index contributed by atoms with van der Waals surface area (Å²) in [7, 11) is -5.40. The smallest absolute Gasteiger partial charge is 0.234 e. The van der Waals surface area contributed by atoms with Crippen LogP contribution in [0.2, 0.25) is 0 Å². The van der Waals surface area contributed by atoms with Gasteiger partial charge < -0.3 is 0 Å². The maximum Gasteiger partial charge on any atom is 0.460 e. The highest BCUT2D eigenvalue weighted by atomic mass is 32.2. The second kappa shape index (κ2) is 7.72. The molecule has 0 saturated heterocycles. The zero-order valence-electron chi connectivity index (χ0n) is 13.8. The Kier molecular flexibility index (Phi) is 7.43. The second-order valence-electron chi connectivity index (χ2n) is 5.34. The van der Waals surface area contributed by atoms with Gasteiger partial charge >= 0.3 is 47.0 Å². The molecule has 21 heteroatoms. The summed E-state index contributed by atoms with van der Waals surface area (Å²) in [6, 6.07) is 0. The summed E-state index contributed by atoms with van der Waals surface area (Å²) >= 11 is 0.